The minimum Gasteiger partial charge on any atom is -0.352 e. The zero-order valence-corrected chi connectivity index (χ0v) is 15.5. The van der Waals surface area contributed by atoms with Gasteiger partial charge < -0.3 is 16.4 Å². The first-order valence-corrected chi connectivity index (χ1v) is 8.66. The summed E-state index contributed by atoms with van der Waals surface area (Å²) in [5.74, 6) is -0.424. The molecule has 8 heteroatoms. The number of nitrogens with one attached hydrogen (secondary N) is 2. The van der Waals surface area contributed by atoms with Gasteiger partial charge >= 0.3 is 12.2 Å². The van der Waals surface area contributed by atoms with Crippen molar-refractivity contribution in [1.29, 1.82) is 0 Å². The summed E-state index contributed by atoms with van der Waals surface area (Å²) in [5, 5.41) is 5.21. The monoisotopic (exact) mass is 393 g/mol. The fraction of sp³-hybridized carbons (Fsp3) is 0.300. The van der Waals surface area contributed by atoms with Crippen LogP contribution < -0.4 is 16.4 Å². The highest BCUT2D eigenvalue weighted by molar-refractivity contribution is 5.79. The highest BCUT2D eigenvalue weighted by Crippen LogP contribution is 2.30. The Bertz CT molecular complexity index is 853. The van der Waals surface area contributed by atoms with E-state index >= 15 is 0 Å². The zero-order valence-electron chi connectivity index (χ0n) is 15.5. The van der Waals surface area contributed by atoms with Crippen molar-refractivity contribution in [2.75, 3.05) is 0 Å². The predicted molar refractivity (Wildman–Crippen MR) is 99.3 cm³/mol. The van der Waals surface area contributed by atoms with Gasteiger partial charge in [0, 0.05) is 0 Å². The van der Waals surface area contributed by atoms with Crippen LogP contribution in [0, 0.1) is 6.92 Å². The van der Waals surface area contributed by atoms with E-state index < -0.39 is 35.8 Å². The SMILES string of the molecule is Cc1ccccc1C(CC(=O)NC(C)c1cccc(C(F)(F)F)c1)NC(N)=O. The van der Waals surface area contributed by atoms with Gasteiger partial charge in [-0.3, -0.25) is 4.79 Å². The molecule has 28 heavy (non-hydrogen) atoms. The minimum atomic E-state index is -4.46. The molecule has 150 valence electrons. The molecule has 0 aromatic heterocycles. The summed E-state index contributed by atoms with van der Waals surface area (Å²) >= 11 is 0. The number of amides is 3. The zero-order chi connectivity index (χ0) is 20.9. The quantitative estimate of drug-likeness (QED) is 0.693. The second kappa shape index (κ2) is 8.77. The molecule has 0 saturated carbocycles. The largest absolute Gasteiger partial charge is 0.416 e. The summed E-state index contributed by atoms with van der Waals surface area (Å²) < 4.78 is 38.6. The first-order chi connectivity index (χ1) is 13.1. The average molecular weight is 393 g/mol. The molecule has 0 aliphatic carbocycles. The number of hydrogen-bond donors (Lipinski definition) is 3. The van der Waals surface area contributed by atoms with Gasteiger partial charge in [0.2, 0.25) is 5.91 Å². The van der Waals surface area contributed by atoms with Crippen molar-refractivity contribution in [2.24, 2.45) is 5.73 Å². The standard InChI is InChI=1S/C20H22F3N3O2/c1-12-6-3-4-9-16(12)17(26-19(24)28)11-18(27)25-13(2)14-7-5-8-15(10-14)20(21,22)23/h3-10,13,17H,11H2,1-2H3,(H,25,27)(H3,24,26,28). The first-order valence-electron chi connectivity index (χ1n) is 8.66. The maximum Gasteiger partial charge on any atom is 0.416 e. The molecule has 0 spiro atoms. The summed E-state index contributed by atoms with van der Waals surface area (Å²) in [7, 11) is 0. The third kappa shape index (κ3) is 5.73. The Hall–Kier alpha value is -3.03. The second-order valence-corrected chi connectivity index (χ2v) is 6.53. The Morgan fingerprint density at radius 3 is 2.36 bits per heavy atom. The molecule has 0 fully saturated rings. The lowest BCUT2D eigenvalue weighted by Gasteiger charge is -2.21. The third-order valence-corrected chi connectivity index (χ3v) is 4.36. The van der Waals surface area contributed by atoms with Gasteiger partial charge in [-0.1, -0.05) is 36.4 Å². The smallest absolute Gasteiger partial charge is 0.352 e. The van der Waals surface area contributed by atoms with E-state index in [0.717, 1.165) is 23.3 Å². The lowest BCUT2D eigenvalue weighted by atomic mass is 9.98. The van der Waals surface area contributed by atoms with E-state index in [1.807, 2.05) is 19.1 Å². The van der Waals surface area contributed by atoms with Crippen LogP contribution in [0.25, 0.3) is 0 Å². The maximum absolute atomic E-state index is 12.9. The molecule has 2 aromatic rings. The number of carbonyl (C=O) groups is 2. The Kier molecular flexibility index (Phi) is 6.66. The van der Waals surface area contributed by atoms with Gasteiger partial charge in [-0.05, 0) is 42.7 Å². The first kappa shape index (κ1) is 21.3. The molecule has 0 aliphatic rings. The number of halogens is 3. The van der Waals surface area contributed by atoms with Crippen LogP contribution in [0.2, 0.25) is 0 Å². The van der Waals surface area contributed by atoms with Crippen LogP contribution in [-0.4, -0.2) is 11.9 Å². The number of nitrogens with two attached hydrogens (primary N) is 1. The number of hydrogen-bond acceptors (Lipinski definition) is 2. The van der Waals surface area contributed by atoms with Crippen molar-refractivity contribution in [1.82, 2.24) is 10.6 Å². The van der Waals surface area contributed by atoms with Gasteiger partial charge in [0.1, 0.15) is 0 Å². The van der Waals surface area contributed by atoms with Gasteiger partial charge in [-0.15, -0.1) is 0 Å². The molecule has 2 rings (SSSR count). The molecule has 0 heterocycles. The molecule has 2 atom stereocenters. The van der Waals surface area contributed by atoms with E-state index in [1.165, 1.54) is 12.1 Å². The highest BCUT2D eigenvalue weighted by Gasteiger charge is 2.31. The van der Waals surface area contributed by atoms with Crippen LogP contribution in [0.15, 0.2) is 48.5 Å². The summed E-state index contributed by atoms with van der Waals surface area (Å²) in [4.78, 5) is 23.8. The number of benzene rings is 2. The van der Waals surface area contributed by atoms with Crippen molar-refractivity contribution < 1.29 is 22.8 Å². The molecular weight excluding hydrogens is 371 g/mol. The molecule has 2 aromatic carbocycles. The lowest BCUT2D eigenvalue weighted by molar-refractivity contribution is -0.137. The second-order valence-electron chi connectivity index (χ2n) is 6.53. The average Bonchev–Trinajstić information content (AvgIpc) is 2.60. The van der Waals surface area contributed by atoms with E-state index in [0.29, 0.717) is 5.56 Å². The Morgan fingerprint density at radius 2 is 1.75 bits per heavy atom. The predicted octanol–water partition coefficient (Wildman–Crippen LogP) is 3.99. The summed E-state index contributed by atoms with van der Waals surface area (Å²) in [6, 6.07) is 9.96. The van der Waals surface area contributed by atoms with Crippen molar-refractivity contribution >= 4 is 11.9 Å². The Balaban J connectivity index is 2.12. The van der Waals surface area contributed by atoms with Crippen LogP contribution >= 0.6 is 0 Å². The van der Waals surface area contributed by atoms with Crippen LogP contribution in [0.4, 0.5) is 18.0 Å². The molecule has 4 N–H and O–H groups in total. The molecule has 0 aliphatic heterocycles. The number of carbonyl (C=O) groups excluding carboxylic acids is 2. The van der Waals surface area contributed by atoms with Crippen LogP contribution in [-0.2, 0) is 11.0 Å². The van der Waals surface area contributed by atoms with E-state index in [1.54, 1.807) is 19.1 Å². The van der Waals surface area contributed by atoms with Gasteiger partial charge in [-0.2, -0.15) is 13.2 Å². The number of aryl methyl sites for hydroxylation is 1. The highest BCUT2D eigenvalue weighted by atomic mass is 19.4. The number of rotatable bonds is 6. The summed E-state index contributed by atoms with van der Waals surface area (Å²) in [6.07, 6.45) is -4.56. The van der Waals surface area contributed by atoms with Crippen molar-refractivity contribution in [3.63, 3.8) is 0 Å². The molecular formula is C20H22F3N3O2. The van der Waals surface area contributed by atoms with E-state index in [2.05, 4.69) is 10.6 Å². The lowest BCUT2D eigenvalue weighted by Crippen LogP contribution is -2.37. The normalized spacial score (nSPS) is 13.5. The fourth-order valence-corrected chi connectivity index (χ4v) is 2.94. The van der Waals surface area contributed by atoms with Gasteiger partial charge in [-0.25, -0.2) is 4.79 Å². The topological polar surface area (TPSA) is 84.2 Å². The molecule has 0 radical (unpaired) electrons. The molecule has 0 bridgehead atoms. The minimum absolute atomic E-state index is 0.100. The maximum atomic E-state index is 12.9. The molecule has 0 saturated heterocycles. The third-order valence-electron chi connectivity index (χ3n) is 4.36. The van der Waals surface area contributed by atoms with Crippen molar-refractivity contribution in [2.45, 2.75) is 38.5 Å². The van der Waals surface area contributed by atoms with E-state index in [4.69, 9.17) is 5.73 Å². The molecule has 5 nitrogen and oxygen atoms in total. The van der Waals surface area contributed by atoms with Gasteiger partial charge in [0.05, 0.1) is 24.1 Å². The fourth-order valence-electron chi connectivity index (χ4n) is 2.94. The van der Waals surface area contributed by atoms with Crippen LogP contribution in [0.1, 0.15) is 47.7 Å². The van der Waals surface area contributed by atoms with E-state index in [9.17, 15) is 22.8 Å². The number of urea groups is 1. The number of alkyl halides is 3. The van der Waals surface area contributed by atoms with Gasteiger partial charge in [0.25, 0.3) is 0 Å². The van der Waals surface area contributed by atoms with Crippen LogP contribution in [0.3, 0.4) is 0 Å². The molecule has 3 amide bonds. The Morgan fingerprint density at radius 1 is 1.07 bits per heavy atom. The number of primary amides is 1. The van der Waals surface area contributed by atoms with Crippen molar-refractivity contribution in [3.8, 4) is 0 Å². The summed E-state index contributed by atoms with van der Waals surface area (Å²) in [5.41, 5.74) is 6.39. The Labute approximate surface area is 161 Å². The van der Waals surface area contributed by atoms with Gasteiger partial charge in [0.15, 0.2) is 0 Å². The summed E-state index contributed by atoms with van der Waals surface area (Å²) in [6.45, 7) is 3.44. The van der Waals surface area contributed by atoms with E-state index in [-0.39, 0.29) is 6.42 Å². The van der Waals surface area contributed by atoms with Crippen LogP contribution in [0.5, 0.6) is 0 Å². The molecule has 2 unspecified atom stereocenters. The van der Waals surface area contributed by atoms with Crippen molar-refractivity contribution in [3.05, 3.63) is 70.8 Å².